The summed E-state index contributed by atoms with van der Waals surface area (Å²) in [5.74, 6) is -0.924. The number of likely N-dealkylation sites (tertiary alicyclic amines) is 1. The number of nitrogens with one attached hydrogen (secondary N) is 3. The van der Waals surface area contributed by atoms with Gasteiger partial charge < -0.3 is 31.8 Å². The third-order valence-corrected chi connectivity index (χ3v) is 6.45. The normalized spacial score (nSPS) is 12.9. The molecule has 1 aliphatic rings. The van der Waals surface area contributed by atoms with Gasteiger partial charge in [-0.15, -0.1) is 37.2 Å². The largest absolute Gasteiger partial charge is 0.423 e. The minimum atomic E-state index is -0.560. The number of esters is 1. The van der Waals surface area contributed by atoms with Gasteiger partial charge in [0, 0.05) is 29.9 Å². The molecule has 1 aliphatic heterocycles. The van der Waals surface area contributed by atoms with Crippen molar-refractivity contribution in [2.45, 2.75) is 25.7 Å². The van der Waals surface area contributed by atoms with E-state index in [0.717, 1.165) is 37.3 Å². The van der Waals surface area contributed by atoms with Gasteiger partial charge in [-0.3, -0.25) is 10.2 Å². The van der Waals surface area contributed by atoms with Crippen LogP contribution in [0.1, 0.15) is 40.7 Å². The zero-order valence-corrected chi connectivity index (χ0v) is 24.9. The van der Waals surface area contributed by atoms with Gasteiger partial charge in [-0.05, 0) is 73.1 Å². The predicted octanol–water partition coefficient (Wildman–Crippen LogP) is 4.07. The molecule has 10 nitrogen and oxygen atoms in total. The summed E-state index contributed by atoms with van der Waals surface area (Å²) in [6.07, 6.45) is 5.34. The number of amidine groups is 1. The van der Waals surface area contributed by atoms with Gasteiger partial charge in [-0.1, -0.05) is 24.6 Å². The number of piperidine rings is 1. The lowest BCUT2D eigenvalue weighted by Gasteiger charge is -2.25. The van der Waals surface area contributed by atoms with Gasteiger partial charge in [0.1, 0.15) is 17.9 Å². The Morgan fingerprint density at radius 2 is 1.63 bits per heavy atom. The molecule has 0 aromatic heterocycles. The fourth-order valence-corrected chi connectivity index (χ4v) is 4.46. The van der Waals surface area contributed by atoms with Crippen molar-refractivity contribution in [3.63, 3.8) is 0 Å². The molecular formula is C28H36Cl3N7O3. The Kier molecular flexibility index (Phi) is 15.0. The van der Waals surface area contributed by atoms with Gasteiger partial charge in [0.2, 0.25) is 5.91 Å². The molecule has 0 aliphatic carbocycles. The van der Waals surface area contributed by atoms with Gasteiger partial charge in [-0.2, -0.15) is 5.10 Å². The highest BCUT2D eigenvalue weighted by Crippen LogP contribution is 2.30. The van der Waals surface area contributed by atoms with E-state index >= 15 is 0 Å². The van der Waals surface area contributed by atoms with E-state index in [2.05, 4.69) is 20.7 Å². The number of fused-ring (bicyclic) bond motifs is 1. The second-order valence-corrected chi connectivity index (χ2v) is 9.21. The number of nitrogen functional groups attached to an aromatic ring is 1. The second kappa shape index (κ2) is 17.3. The number of benzene rings is 3. The average Bonchev–Trinajstić information content (AvgIpc) is 2.92. The number of ether oxygens (including phenoxy) is 1. The fraction of sp³-hybridized carbons (Fsp3) is 0.286. The third-order valence-electron chi connectivity index (χ3n) is 6.45. The number of anilines is 1. The number of carbonyl (C=O) groups is 2. The predicted molar refractivity (Wildman–Crippen MR) is 171 cm³/mol. The van der Waals surface area contributed by atoms with E-state index in [9.17, 15) is 9.59 Å². The zero-order valence-electron chi connectivity index (χ0n) is 22.4. The molecule has 3 aromatic carbocycles. The Morgan fingerprint density at radius 3 is 2.29 bits per heavy atom. The first kappa shape index (κ1) is 35.5. The highest BCUT2D eigenvalue weighted by molar-refractivity contribution is 6.01. The van der Waals surface area contributed by atoms with Crippen molar-refractivity contribution in [2.24, 2.45) is 16.6 Å². The van der Waals surface area contributed by atoms with Gasteiger partial charge in [0.15, 0.2) is 0 Å². The van der Waals surface area contributed by atoms with E-state index in [1.807, 2.05) is 0 Å². The van der Waals surface area contributed by atoms with Crippen LogP contribution in [0.15, 0.2) is 59.7 Å². The summed E-state index contributed by atoms with van der Waals surface area (Å²) in [5.41, 5.74) is 16.3. The van der Waals surface area contributed by atoms with Crippen LogP contribution < -0.4 is 26.9 Å². The van der Waals surface area contributed by atoms with Crippen molar-refractivity contribution in [3.05, 3.63) is 71.3 Å². The molecule has 41 heavy (non-hydrogen) atoms. The number of carbonyl (C=O) groups excluding carboxylic acids is 2. The lowest BCUT2D eigenvalue weighted by atomic mass is 9.98. The van der Waals surface area contributed by atoms with Crippen LogP contribution in [0.25, 0.3) is 10.8 Å². The summed E-state index contributed by atoms with van der Waals surface area (Å²) in [5, 5.41) is 16.3. The van der Waals surface area contributed by atoms with E-state index in [4.69, 9.17) is 21.6 Å². The van der Waals surface area contributed by atoms with Crippen molar-refractivity contribution in [1.82, 2.24) is 10.3 Å². The summed E-state index contributed by atoms with van der Waals surface area (Å²) in [6.45, 7) is 4.08. The molecule has 1 amide bonds. The van der Waals surface area contributed by atoms with E-state index < -0.39 is 11.9 Å². The first-order valence-corrected chi connectivity index (χ1v) is 12.6. The molecule has 0 bridgehead atoms. The Labute approximate surface area is 258 Å². The van der Waals surface area contributed by atoms with Crippen LogP contribution in [0.4, 0.5) is 5.69 Å². The quantitative estimate of drug-likeness (QED) is 0.0537. The van der Waals surface area contributed by atoms with Crippen molar-refractivity contribution < 1.29 is 14.3 Å². The number of nitrogens with zero attached hydrogens (tertiary/aromatic N) is 2. The van der Waals surface area contributed by atoms with Gasteiger partial charge in [-0.25, -0.2) is 4.79 Å². The molecule has 1 fully saturated rings. The van der Waals surface area contributed by atoms with Crippen LogP contribution in [0, 0.1) is 5.41 Å². The molecule has 7 N–H and O–H groups in total. The zero-order chi connectivity index (χ0) is 26.9. The number of nitrogens with two attached hydrogens (primary N) is 2. The minimum Gasteiger partial charge on any atom is -0.423 e. The number of rotatable bonds is 11. The minimum absolute atomic E-state index is 0. The average molecular weight is 625 g/mol. The lowest BCUT2D eigenvalue weighted by molar-refractivity contribution is -0.117. The molecule has 0 atom stereocenters. The van der Waals surface area contributed by atoms with Gasteiger partial charge >= 0.3 is 5.97 Å². The highest BCUT2D eigenvalue weighted by atomic mass is 35.5. The Bertz CT molecular complexity index is 1350. The standard InChI is InChI=1S/C28H33N7O3.3ClH/c29-26(36)17-24-23-10-6-21(27(30)31)16-20(23)7-11-25(24)38-28(37)19-4-8-22(9-5-19)32-18-34-33-12-15-35-13-2-1-3-14-35;;;/h4-11,16,18,33H,1-3,12-15,17H2,(H2,29,36)(H3,30,31)(H,32,34);3*1H. The molecule has 222 valence electrons. The van der Waals surface area contributed by atoms with Crippen LogP contribution in [-0.4, -0.2) is 55.1 Å². The lowest BCUT2D eigenvalue weighted by Crippen LogP contribution is -2.34. The van der Waals surface area contributed by atoms with Crippen LogP contribution in [-0.2, 0) is 11.2 Å². The Balaban J connectivity index is 0.00000280. The van der Waals surface area contributed by atoms with Crippen molar-refractivity contribution >= 4 is 77.7 Å². The molecular weight excluding hydrogens is 589 g/mol. The van der Waals surface area contributed by atoms with Gasteiger partial charge in [0.25, 0.3) is 0 Å². The monoisotopic (exact) mass is 623 g/mol. The first-order valence-electron chi connectivity index (χ1n) is 12.6. The maximum absolute atomic E-state index is 12.9. The van der Waals surface area contributed by atoms with E-state index in [1.54, 1.807) is 60.9 Å². The van der Waals surface area contributed by atoms with Crippen molar-refractivity contribution in [3.8, 4) is 5.75 Å². The molecule has 1 saturated heterocycles. The molecule has 1 heterocycles. The molecule has 0 radical (unpaired) electrons. The molecule has 3 aromatic rings. The summed E-state index contributed by atoms with van der Waals surface area (Å²) in [6, 6.07) is 15.3. The maximum atomic E-state index is 12.9. The van der Waals surface area contributed by atoms with Crippen molar-refractivity contribution in [2.75, 3.05) is 31.5 Å². The molecule has 0 saturated carbocycles. The molecule has 0 spiro atoms. The second-order valence-electron chi connectivity index (χ2n) is 9.21. The fourth-order valence-electron chi connectivity index (χ4n) is 4.46. The molecule has 0 unspecified atom stereocenters. The molecule has 4 rings (SSSR count). The number of primary amides is 1. The van der Waals surface area contributed by atoms with Crippen molar-refractivity contribution in [1.29, 1.82) is 5.41 Å². The summed E-state index contributed by atoms with van der Waals surface area (Å²) >= 11 is 0. The van der Waals surface area contributed by atoms with E-state index in [1.165, 1.54) is 19.3 Å². The smallest absolute Gasteiger partial charge is 0.343 e. The number of hydrogen-bond donors (Lipinski definition) is 5. The number of hydrogen-bond acceptors (Lipinski definition) is 7. The van der Waals surface area contributed by atoms with Crippen LogP contribution in [0.2, 0.25) is 0 Å². The summed E-state index contributed by atoms with van der Waals surface area (Å²) in [7, 11) is 0. The Hall–Kier alpha value is -3.57. The maximum Gasteiger partial charge on any atom is 0.343 e. The first-order chi connectivity index (χ1) is 18.4. The van der Waals surface area contributed by atoms with Crippen LogP contribution >= 0.6 is 37.2 Å². The number of halogens is 3. The van der Waals surface area contributed by atoms with Crippen LogP contribution in [0.5, 0.6) is 5.75 Å². The number of hydrazone groups is 1. The Morgan fingerprint density at radius 1 is 0.951 bits per heavy atom. The summed E-state index contributed by atoms with van der Waals surface area (Å²) in [4.78, 5) is 27.1. The SMILES string of the molecule is Cl.Cl.Cl.N=C(N)c1ccc2c(CC(N)=O)c(OC(=O)c3ccc(N/C=N/NCCN4CCCCC4)cc3)ccc2c1. The highest BCUT2D eigenvalue weighted by Gasteiger charge is 2.17. The third kappa shape index (κ3) is 10.1. The van der Waals surface area contributed by atoms with Gasteiger partial charge in [0.05, 0.1) is 12.0 Å². The van der Waals surface area contributed by atoms with E-state index in [-0.39, 0.29) is 55.2 Å². The van der Waals surface area contributed by atoms with E-state index in [0.29, 0.717) is 22.1 Å². The topological polar surface area (TPSA) is 159 Å². The van der Waals surface area contributed by atoms with Crippen LogP contribution in [0.3, 0.4) is 0 Å². The molecule has 13 heteroatoms. The summed E-state index contributed by atoms with van der Waals surface area (Å²) < 4.78 is 5.66. The number of amides is 1.